The van der Waals surface area contributed by atoms with Crippen LogP contribution < -0.4 is 9.86 Å². The third-order valence-corrected chi connectivity index (χ3v) is 8.42. The van der Waals surface area contributed by atoms with Crippen molar-refractivity contribution in [2.45, 2.75) is 52.5 Å². The summed E-state index contributed by atoms with van der Waals surface area (Å²) in [6.45, 7) is 0. The molecule has 1 unspecified atom stereocenters. The molecule has 0 fully saturated rings. The minimum atomic E-state index is -8.97. The Kier molecular flexibility index (Phi) is 8.40. The van der Waals surface area contributed by atoms with Crippen LogP contribution in [0.2, 0.25) is 0 Å². The highest BCUT2D eigenvalue weighted by Gasteiger charge is 2.96. The lowest BCUT2D eigenvalue weighted by Crippen LogP contribution is -2.75. The molecule has 0 saturated heterocycles. The Bertz CT molecular complexity index is 1210. The standard InChI is InChI=1S/C11H7F17N4O4S3/c1-32-2(37-3(30-32)38(29,33)34)31-39(35,36)11(27,28)9(22,23)7(18,19)5(14,15)4(12,13)6(16,17)8(20,21)10(24,25)26/h2,31H,1H3,(H2,29,33,34). The second-order valence-electron chi connectivity index (χ2n) is 7.04. The van der Waals surface area contributed by atoms with E-state index < -0.39 is 88.6 Å². The number of nitrogens with zero attached hydrogens (tertiary/aromatic N) is 2. The molecule has 0 radical (unpaired) electrons. The molecule has 0 spiro atoms. The molecule has 1 rings (SSSR count). The molecular formula is C11H7F17N4O4S3. The molecular weight excluding hydrogens is 671 g/mol. The van der Waals surface area contributed by atoms with Crippen molar-refractivity contribution in [3.8, 4) is 0 Å². The summed E-state index contributed by atoms with van der Waals surface area (Å²) in [6.07, 6.45) is -7.94. The number of thioether (sulfide) groups is 1. The molecule has 232 valence electrons. The van der Waals surface area contributed by atoms with E-state index in [9.17, 15) is 91.5 Å². The van der Waals surface area contributed by atoms with Crippen molar-refractivity contribution in [3.63, 3.8) is 0 Å². The summed E-state index contributed by atoms with van der Waals surface area (Å²) in [7, 11) is -12.1. The van der Waals surface area contributed by atoms with Crippen molar-refractivity contribution in [1.82, 2.24) is 9.73 Å². The van der Waals surface area contributed by atoms with Crippen LogP contribution in [0.25, 0.3) is 0 Å². The number of hydrogen-bond acceptors (Lipinski definition) is 7. The van der Waals surface area contributed by atoms with Crippen LogP contribution in [0.1, 0.15) is 0 Å². The molecule has 0 bridgehead atoms. The maximum Gasteiger partial charge on any atom is 0.460 e. The van der Waals surface area contributed by atoms with Crippen LogP contribution in [0.15, 0.2) is 5.10 Å². The maximum absolute atomic E-state index is 14.0. The molecule has 3 N–H and O–H groups in total. The first kappa shape index (κ1) is 35.5. The molecule has 1 aliphatic rings. The fraction of sp³-hybridized carbons (Fsp3) is 0.909. The first-order valence-electron chi connectivity index (χ1n) is 8.33. The van der Waals surface area contributed by atoms with Crippen molar-refractivity contribution >= 4 is 36.2 Å². The SMILES string of the molecule is CN1N=C(S(N)(=O)=O)SC1NS(=O)(=O)C(F)(F)C(F)(F)C(F)(F)C(F)(F)C(F)(F)C(F)(F)C(F)(F)C(F)(F)F. The second-order valence-corrected chi connectivity index (χ2v) is 11.6. The highest BCUT2D eigenvalue weighted by atomic mass is 32.3. The fourth-order valence-electron chi connectivity index (χ4n) is 2.13. The number of hydrazone groups is 1. The molecule has 0 aromatic carbocycles. The van der Waals surface area contributed by atoms with Crippen molar-refractivity contribution in [2.24, 2.45) is 10.2 Å². The largest absolute Gasteiger partial charge is 0.460 e. The number of halogens is 17. The van der Waals surface area contributed by atoms with Gasteiger partial charge in [-0.25, -0.2) is 22.0 Å². The Balaban J connectivity index is 3.61. The van der Waals surface area contributed by atoms with Crippen LogP contribution in [0, 0.1) is 0 Å². The van der Waals surface area contributed by atoms with Crippen LogP contribution in [-0.2, 0) is 20.0 Å². The predicted molar refractivity (Wildman–Crippen MR) is 92.4 cm³/mol. The average Bonchev–Trinajstić information content (AvgIpc) is 3.06. The van der Waals surface area contributed by atoms with Gasteiger partial charge in [0.25, 0.3) is 20.0 Å². The van der Waals surface area contributed by atoms with Crippen LogP contribution in [0.4, 0.5) is 74.6 Å². The Hall–Kier alpha value is -1.55. The lowest BCUT2D eigenvalue weighted by molar-refractivity contribution is -0.458. The number of nitrogens with two attached hydrogens (primary N) is 1. The molecule has 0 aromatic rings. The summed E-state index contributed by atoms with van der Waals surface area (Å²) in [5, 5.41) is -0.435. The van der Waals surface area contributed by atoms with Gasteiger partial charge in [0.1, 0.15) is 0 Å². The summed E-state index contributed by atoms with van der Waals surface area (Å²) in [6, 6.07) is 0. The Morgan fingerprint density at radius 2 is 1.03 bits per heavy atom. The minimum Gasteiger partial charge on any atom is -0.270 e. The highest BCUT2D eigenvalue weighted by Crippen LogP contribution is 2.64. The van der Waals surface area contributed by atoms with Gasteiger partial charge in [-0.1, -0.05) is 0 Å². The number of primary sulfonamides is 1. The van der Waals surface area contributed by atoms with E-state index in [4.69, 9.17) is 0 Å². The van der Waals surface area contributed by atoms with E-state index in [0.29, 0.717) is 11.8 Å². The first-order chi connectivity index (χ1) is 16.6. The Labute approximate surface area is 207 Å². The molecule has 1 atom stereocenters. The maximum atomic E-state index is 14.0. The Morgan fingerprint density at radius 1 is 0.692 bits per heavy atom. The fourth-order valence-corrected chi connectivity index (χ4v) is 5.35. The molecule has 0 aliphatic carbocycles. The van der Waals surface area contributed by atoms with Gasteiger partial charge in [0.05, 0.1) is 0 Å². The van der Waals surface area contributed by atoms with Crippen molar-refractivity contribution in [3.05, 3.63) is 0 Å². The van der Waals surface area contributed by atoms with Crippen molar-refractivity contribution in [2.75, 3.05) is 7.05 Å². The molecule has 8 nitrogen and oxygen atoms in total. The van der Waals surface area contributed by atoms with Crippen molar-refractivity contribution < 1.29 is 91.5 Å². The van der Waals surface area contributed by atoms with E-state index in [0.717, 1.165) is 0 Å². The lowest BCUT2D eigenvalue weighted by atomic mass is 9.91. The average molecular weight is 678 g/mol. The third-order valence-electron chi connectivity index (χ3n) is 4.32. The van der Waals surface area contributed by atoms with Gasteiger partial charge in [-0.2, -0.15) is 84.5 Å². The first-order valence-corrected chi connectivity index (χ1v) is 12.2. The van der Waals surface area contributed by atoms with E-state index in [2.05, 4.69) is 10.2 Å². The normalized spacial score (nSPS) is 19.9. The van der Waals surface area contributed by atoms with Crippen LogP contribution in [0.5, 0.6) is 0 Å². The van der Waals surface area contributed by atoms with Gasteiger partial charge in [-0.3, -0.25) is 5.01 Å². The van der Waals surface area contributed by atoms with Gasteiger partial charge < -0.3 is 0 Å². The molecule has 1 aliphatic heterocycles. The summed E-state index contributed by atoms with van der Waals surface area (Å²) >= 11 is -0.545. The van der Waals surface area contributed by atoms with Gasteiger partial charge in [0, 0.05) is 7.05 Å². The van der Waals surface area contributed by atoms with Gasteiger partial charge in [-0.05, 0) is 11.8 Å². The summed E-state index contributed by atoms with van der Waals surface area (Å²) in [5.74, 6) is -52.4. The highest BCUT2D eigenvalue weighted by molar-refractivity contribution is 8.35. The minimum absolute atomic E-state index is 0.0448. The number of alkyl halides is 17. The van der Waals surface area contributed by atoms with E-state index in [1.54, 1.807) is 0 Å². The number of sulfonamides is 2. The molecule has 0 saturated carbocycles. The second kappa shape index (κ2) is 9.23. The Morgan fingerprint density at radius 3 is 1.33 bits per heavy atom. The van der Waals surface area contributed by atoms with E-state index >= 15 is 0 Å². The topological polar surface area (TPSA) is 122 Å². The zero-order valence-corrected chi connectivity index (χ0v) is 19.8. The zero-order valence-electron chi connectivity index (χ0n) is 17.3. The molecule has 28 heteroatoms. The van der Waals surface area contributed by atoms with Gasteiger partial charge in [0.15, 0.2) is 5.50 Å². The van der Waals surface area contributed by atoms with Crippen LogP contribution >= 0.6 is 11.8 Å². The number of hydrogen-bond donors (Lipinski definition) is 2. The van der Waals surface area contributed by atoms with Gasteiger partial charge in [0.2, 0.25) is 4.38 Å². The zero-order chi connectivity index (χ0) is 31.9. The summed E-state index contributed by atoms with van der Waals surface area (Å²) in [5.41, 5.74) is -2.66. The summed E-state index contributed by atoms with van der Waals surface area (Å²) in [4.78, 5) is 0. The molecule has 39 heavy (non-hydrogen) atoms. The smallest absolute Gasteiger partial charge is 0.270 e. The van der Waals surface area contributed by atoms with E-state index in [1.165, 1.54) is 0 Å². The number of nitrogens with one attached hydrogen (secondary N) is 1. The molecule has 0 aromatic heterocycles. The number of rotatable bonds is 9. The van der Waals surface area contributed by atoms with E-state index in [-0.39, 0.29) is 5.01 Å². The van der Waals surface area contributed by atoms with Crippen molar-refractivity contribution in [1.29, 1.82) is 0 Å². The van der Waals surface area contributed by atoms with E-state index in [1.807, 2.05) is 0 Å². The van der Waals surface area contributed by atoms with Crippen LogP contribution in [0.3, 0.4) is 0 Å². The molecule has 0 amide bonds. The predicted octanol–water partition coefficient (Wildman–Crippen LogP) is 3.39. The third kappa shape index (κ3) is 4.95. The summed E-state index contributed by atoms with van der Waals surface area (Å²) < 4.78 is 270. The lowest BCUT2D eigenvalue weighted by Gasteiger charge is -2.42. The van der Waals surface area contributed by atoms with Crippen LogP contribution in [-0.4, -0.2) is 85.7 Å². The molecule has 1 heterocycles. The van der Waals surface area contributed by atoms with Gasteiger partial charge >= 0.3 is 47.0 Å². The van der Waals surface area contributed by atoms with Gasteiger partial charge in [-0.15, -0.1) is 0 Å². The monoisotopic (exact) mass is 678 g/mol. The quantitative estimate of drug-likeness (QED) is 0.361.